The van der Waals surface area contributed by atoms with E-state index in [1.165, 1.54) is 16.8 Å². The maximum Gasteiger partial charge on any atom is 0.169 e. The number of rotatable bonds is 4. The molecule has 0 unspecified atom stereocenters. The molecule has 2 aromatic carbocycles. The summed E-state index contributed by atoms with van der Waals surface area (Å²) in [5.41, 5.74) is 5.65. The molecule has 6 nitrogen and oxygen atoms in total. The van der Waals surface area contributed by atoms with Crippen LogP contribution in [-0.4, -0.2) is 32.5 Å². The third-order valence-electron chi connectivity index (χ3n) is 4.74. The predicted octanol–water partition coefficient (Wildman–Crippen LogP) is 3.44. The molecule has 2 N–H and O–H groups in total. The molecule has 0 amide bonds. The van der Waals surface area contributed by atoms with Gasteiger partial charge in [0.2, 0.25) is 0 Å². The molecule has 0 radical (unpaired) electrons. The molecule has 0 aliphatic carbocycles. The van der Waals surface area contributed by atoms with E-state index in [1.807, 2.05) is 18.5 Å². The van der Waals surface area contributed by atoms with E-state index in [1.54, 1.807) is 26.0 Å². The van der Waals surface area contributed by atoms with Crippen LogP contribution >= 0.6 is 0 Å². The maximum atomic E-state index is 10.8. The quantitative estimate of drug-likeness (QED) is 0.444. The van der Waals surface area contributed by atoms with Crippen LogP contribution in [0.1, 0.15) is 27.8 Å². The van der Waals surface area contributed by atoms with Gasteiger partial charge in [-0.25, -0.2) is 13.0 Å². The molecular weight excluding hydrogens is 424 g/mol. The smallest absolute Gasteiger partial charge is 0.169 e. The molecule has 0 aliphatic heterocycles. The van der Waals surface area contributed by atoms with Gasteiger partial charge in [-0.1, -0.05) is 42.0 Å². The van der Waals surface area contributed by atoms with Crippen molar-refractivity contribution in [3.63, 3.8) is 0 Å². The number of benzene rings is 2. The average molecular weight is 457 g/mol. The van der Waals surface area contributed by atoms with E-state index in [4.69, 9.17) is 0 Å². The number of aromatic nitrogens is 1. The van der Waals surface area contributed by atoms with Gasteiger partial charge in [-0.3, -0.25) is 0 Å². The summed E-state index contributed by atoms with van der Waals surface area (Å²) in [6.45, 7) is 5.12. The Bertz CT molecular complexity index is 1130. The summed E-state index contributed by atoms with van der Waals surface area (Å²) in [6, 6.07) is 16.1. The fourth-order valence-corrected chi connectivity index (χ4v) is 4.17. The fraction of sp³-hybridized carbons (Fsp3) is 0.240. The number of hydrogen-bond acceptors (Lipinski definition) is 4. The van der Waals surface area contributed by atoms with E-state index >= 15 is 0 Å². The topological polar surface area (TPSA) is 95.8 Å². The normalized spacial score (nSPS) is 10.8. The van der Waals surface area contributed by atoms with Gasteiger partial charge in [-0.15, -0.1) is 0 Å². The summed E-state index contributed by atoms with van der Waals surface area (Å²) in [5.74, 6) is 0. The van der Waals surface area contributed by atoms with Crippen LogP contribution in [0.2, 0.25) is 0 Å². The minimum atomic E-state index is -4.33. The SMILES string of the molecule is CN(C)c1ccc(/C=C/c2cc[n+](C)cc2)cc1.Cc1cc(C)c(S(=O)(=O)[O-])c(C)c1.O. The second-order valence-electron chi connectivity index (χ2n) is 7.80. The summed E-state index contributed by atoms with van der Waals surface area (Å²) in [5, 5.41) is 0. The highest BCUT2D eigenvalue weighted by Crippen LogP contribution is 2.20. The first kappa shape index (κ1) is 27.0. The van der Waals surface area contributed by atoms with Gasteiger partial charge in [0.05, 0.1) is 4.90 Å². The van der Waals surface area contributed by atoms with Gasteiger partial charge >= 0.3 is 0 Å². The Morgan fingerprint density at radius 2 is 1.28 bits per heavy atom. The van der Waals surface area contributed by atoms with Gasteiger partial charge in [0, 0.05) is 31.9 Å². The monoisotopic (exact) mass is 456 g/mol. The van der Waals surface area contributed by atoms with E-state index < -0.39 is 10.1 Å². The zero-order valence-corrected chi connectivity index (χ0v) is 20.3. The molecule has 3 aromatic rings. The number of aryl methyl sites for hydroxylation is 4. The van der Waals surface area contributed by atoms with E-state index in [9.17, 15) is 13.0 Å². The lowest BCUT2D eigenvalue weighted by atomic mass is 10.1. The Morgan fingerprint density at radius 3 is 1.69 bits per heavy atom. The lowest BCUT2D eigenvalue weighted by Gasteiger charge is -2.14. The standard InChI is InChI=1S/C16H19N2.C9H12O3S.H2O/c1-17(2)16-8-6-14(7-9-16)4-5-15-10-12-18(3)13-11-15;1-6-4-7(2)9(8(3)5-6)13(10,11)12;/h4-13H,1-3H3;4-5H,1-3H3,(H,10,11,12);1H2/q+1;;/p-1. The first-order chi connectivity index (χ1) is 14.5. The molecular formula is C25H32N2O4S. The van der Waals surface area contributed by atoms with Crippen molar-refractivity contribution in [3.8, 4) is 0 Å². The Hall–Kier alpha value is -3.00. The van der Waals surface area contributed by atoms with Crippen LogP contribution < -0.4 is 9.47 Å². The van der Waals surface area contributed by atoms with Crippen molar-refractivity contribution in [1.29, 1.82) is 0 Å². The van der Waals surface area contributed by atoms with Crippen molar-refractivity contribution in [2.45, 2.75) is 25.7 Å². The van der Waals surface area contributed by atoms with E-state index in [0.29, 0.717) is 11.1 Å². The minimum absolute atomic E-state index is 0. The Kier molecular flexibility index (Phi) is 9.78. The molecule has 0 saturated carbocycles. The molecule has 32 heavy (non-hydrogen) atoms. The summed E-state index contributed by atoms with van der Waals surface area (Å²) in [6.07, 6.45) is 8.36. The highest BCUT2D eigenvalue weighted by Gasteiger charge is 2.09. The van der Waals surface area contributed by atoms with E-state index in [-0.39, 0.29) is 10.4 Å². The molecule has 0 atom stereocenters. The van der Waals surface area contributed by atoms with Crippen LogP contribution in [0.25, 0.3) is 12.2 Å². The molecule has 0 aliphatic rings. The Morgan fingerprint density at radius 1 is 0.844 bits per heavy atom. The third-order valence-corrected chi connectivity index (χ3v) is 5.88. The van der Waals surface area contributed by atoms with E-state index in [2.05, 4.69) is 79.9 Å². The van der Waals surface area contributed by atoms with Gasteiger partial charge in [0.25, 0.3) is 0 Å². The van der Waals surface area contributed by atoms with Crippen LogP contribution in [0.5, 0.6) is 0 Å². The molecule has 7 heteroatoms. The lowest BCUT2D eigenvalue weighted by molar-refractivity contribution is -0.671. The number of nitrogens with zero attached hydrogens (tertiary/aromatic N) is 2. The van der Waals surface area contributed by atoms with Crippen molar-refractivity contribution in [1.82, 2.24) is 0 Å². The predicted molar refractivity (Wildman–Crippen MR) is 130 cm³/mol. The lowest BCUT2D eigenvalue weighted by Crippen LogP contribution is -2.25. The first-order valence-corrected chi connectivity index (χ1v) is 11.3. The van der Waals surface area contributed by atoms with Crippen LogP contribution in [0, 0.1) is 20.8 Å². The Labute approximate surface area is 191 Å². The molecule has 0 bridgehead atoms. The number of pyridine rings is 1. The summed E-state index contributed by atoms with van der Waals surface area (Å²) >= 11 is 0. The molecule has 0 fully saturated rings. The number of hydrogen-bond donors (Lipinski definition) is 0. The minimum Gasteiger partial charge on any atom is -0.744 e. The molecule has 1 aromatic heterocycles. The Balaban J connectivity index is 0.000000327. The largest absolute Gasteiger partial charge is 0.744 e. The second-order valence-corrected chi connectivity index (χ2v) is 9.11. The molecule has 172 valence electrons. The summed E-state index contributed by atoms with van der Waals surface area (Å²) < 4.78 is 34.5. The summed E-state index contributed by atoms with van der Waals surface area (Å²) in [7, 11) is 1.79. The van der Waals surface area contributed by atoms with Crippen molar-refractivity contribution in [2.75, 3.05) is 19.0 Å². The number of anilines is 1. The van der Waals surface area contributed by atoms with Crippen LogP contribution in [0.4, 0.5) is 5.69 Å². The van der Waals surface area contributed by atoms with Crippen molar-refractivity contribution < 1.29 is 23.0 Å². The van der Waals surface area contributed by atoms with Crippen molar-refractivity contribution >= 4 is 28.0 Å². The van der Waals surface area contributed by atoms with Gasteiger partial charge < -0.3 is 14.9 Å². The maximum absolute atomic E-state index is 10.8. The second kappa shape index (κ2) is 11.6. The van der Waals surface area contributed by atoms with Gasteiger partial charge in [-0.2, -0.15) is 0 Å². The van der Waals surface area contributed by atoms with Crippen molar-refractivity contribution in [2.24, 2.45) is 7.05 Å². The van der Waals surface area contributed by atoms with Crippen LogP contribution in [0.15, 0.2) is 65.8 Å². The van der Waals surface area contributed by atoms with Crippen molar-refractivity contribution in [3.05, 3.63) is 88.7 Å². The molecule has 0 spiro atoms. The van der Waals surface area contributed by atoms with Gasteiger partial charge in [0.15, 0.2) is 12.4 Å². The molecule has 1 heterocycles. The third kappa shape index (κ3) is 7.92. The molecule has 3 rings (SSSR count). The highest BCUT2D eigenvalue weighted by atomic mass is 32.2. The van der Waals surface area contributed by atoms with Crippen LogP contribution in [-0.2, 0) is 17.2 Å². The summed E-state index contributed by atoms with van der Waals surface area (Å²) in [4.78, 5) is 2.02. The fourth-order valence-electron chi connectivity index (χ4n) is 3.26. The zero-order chi connectivity index (χ0) is 23.2. The zero-order valence-electron chi connectivity index (χ0n) is 19.5. The highest BCUT2D eigenvalue weighted by molar-refractivity contribution is 7.85. The average Bonchev–Trinajstić information content (AvgIpc) is 2.66. The van der Waals surface area contributed by atoms with Gasteiger partial charge in [-0.05, 0) is 55.2 Å². The first-order valence-electron chi connectivity index (χ1n) is 9.92. The van der Waals surface area contributed by atoms with E-state index in [0.717, 1.165) is 5.56 Å². The van der Waals surface area contributed by atoms with Crippen LogP contribution in [0.3, 0.4) is 0 Å². The molecule has 0 saturated heterocycles. The van der Waals surface area contributed by atoms with Gasteiger partial charge in [0.1, 0.15) is 17.2 Å².